The number of ether oxygens (including phenoxy) is 2. The fourth-order valence-corrected chi connectivity index (χ4v) is 6.39. The van der Waals surface area contributed by atoms with Crippen molar-refractivity contribution in [1.29, 1.82) is 0 Å². The second kappa shape index (κ2) is 15.3. The van der Waals surface area contributed by atoms with E-state index in [1.165, 1.54) is 5.56 Å². The molecule has 0 aliphatic heterocycles. The fraction of sp³-hybridized carbons (Fsp3) is 0.406. The van der Waals surface area contributed by atoms with Crippen LogP contribution >= 0.6 is 7.60 Å². The predicted octanol–water partition coefficient (Wildman–Crippen LogP) is 6.14. The molecule has 0 spiro atoms. The second-order valence-electron chi connectivity index (χ2n) is 10.2. The molecule has 0 fully saturated rings. The molecule has 11 heteroatoms. The third-order valence-electron chi connectivity index (χ3n) is 7.06. The van der Waals surface area contributed by atoms with Gasteiger partial charge in [-0.1, -0.05) is 18.2 Å². The number of nitrogens with two attached hydrogens (primary N) is 1. The highest BCUT2D eigenvalue weighted by Crippen LogP contribution is 2.47. The van der Waals surface area contributed by atoms with Gasteiger partial charge in [0.1, 0.15) is 17.9 Å². The number of carboxylic acids is 1. The Balaban J connectivity index is 1.33. The molecule has 0 radical (unpaired) electrons. The van der Waals surface area contributed by atoms with Crippen LogP contribution < -0.4 is 10.5 Å². The first kappa shape index (κ1) is 32.4. The summed E-state index contributed by atoms with van der Waals surface area (Å²) in [6, 6.07) is 14.0. The Morgan fingerprint density at radius 2 is 1.72 bits per heavy atom. The number of nitrogen functional groups attached to an aromatic ring is 1. The molecule has 3 N–H and O–H groups in total. The number of carboxylic acid groups (broad SMARTS) is 1. The predicted molar refractivity (Wildman–Crippen MR) is 168 cm³/mol. The van der Waals surface area contributed by atoms with E-state index in [0.29, 0.717) is 44.2 Å². The quantitative estimate of drug-likeness (QED) is 0.0814. The van der Waals surface area contributed by atoms with Crippen molar-refractivity contribution in [2.45, 2.75) is 46.5 Å². The first-order valence-electron chi connectivity index (χ1n) is 14.6. The van der Waals surface area contributed by atoms with Gasteiger partial charge in [0, 0.05) is 23.4 Å². The van der Waals surface area contributed by atoms with Crippen LogP contribution in [0.4, 0.5) is 5.82 Å². The molecule has 230 valence electrons. The van der Waals surface area contributed by atoms with E-state index < -0.39 is 13.6 Å². The van der Waals surface area contributed by atoms with Crippen LogP contribution in [0.15, 0.2) is 48.7 Å². The molecular formula is C32H40N3O7P. The van der Waals surface area contributed by atoms with Crippen LogP contribution in [0.5, 0.6) is 5.75 Å². The van der Waals surface area contributed by atoms with Gasteiger partial charge in [-0.2, -0.15) is 0 Å². The van der Waals surface area contributed by atoms with Crippen LogP contribution in [0.3, 0.4) is 0 Å². The number of rotatable bonds is 17. The van der Waals surface area contributed by atoms with E-state index in [9.17, 15) is 9.36 Å². The second-order valence-corrected chi connectivity index (χ2v) is 12.4. The molecule has 0 saturated heterocycles. The van der Waals surface area contributed by atoms with E-state index >= 15 is 0 Å². The smallest absolute Gasteiger partial charge is 0.332 e. The van der Waals surface area contributed by atoms with Crippen LogP contribution in [-0.2, 0) is 42.4 Å². The summed E-state index contributed by atoms with van der Waals surface area (Å²) < 4.78 is 34.4. The molecule has 0 saturated carbocycles. The van der Waals surface area contributed by atoms with Crippen molar-refractivity contribution < 1.29 is 33.0 Å². The summed E-state index contributed by atoms with van der Waals surface area (Å²) in [6.07, 6.45) is 4.20. The number of benzene rings is 2. The molecule has 10 nitrogen and oxygen atoms in total. The van der Waals surface area contributed by atoms with Crippen molar-refractivity contribution >= 4 is 41.2 Å². The van der Waals surface area contributed by atoms with Gasteiger partial charge in [-0.3, -0.25) is 14.3 Å². The van der Waals surface area contributed by atoms with E-state index in [0.717, 1.165) is 51.6 Å². The normalized spacial score (nSPS) is 11.8. The Bertz CT molecular complexity index is 1600. The molecule has 0 atom stereocenters. The van der Waals surface area contributed by atoms with Crippen molar-refractivity contribution in [2.24, 2.45) is 0 Å². The molecule has 0 aliphatic carbocycles. The molecule has 0 unspecified atom stereocenters. The number of aromatic nitrogens is 2. The molecule has 43 heavy (non-hydrogen) atoms. The monoisotopic (exact) mass is 609 g/mol. The van der Waals surface area contributed by atoms with Crippen LogP contribution in [0.2, 0.25) is 0 Å². The van der Waals surface area contributed by atoms with Gasteiger partial charge in [0.25, 0.3) is 0 Å². The first-order valence-corrected chi connectivity index (χ1v) is 16.3. The first-order chi connectivity index (χ1) is 20.7. The number of aryl methyl sites for hydroxylation is 4. The van der Waals surface area contributed by atoms with Gasteiger partial charge in [0.2, 0.25) is 0 Å². The average Bonchev–Trinajstić information content (AvgIpc) is 2.97. The number of hydrogen-bond donors (Lipinski definition) is 2. The summed E-state index contributed by atoms with van der Waals surface area (Å²) >= 11 is 0. The van der Waals surface area contributed by atoms with E-state index in [2.05, 4.69) is 29.0 Å². The summed E-state index contributed by atoms with van der Waals surface area (Å²) in [5, 5.41) is 10.9. The fourth-order valence-electron chi connectivity index (χ4n) is 4.92. The Labute approximate surface area is 252 Å². The number of fused-ring (bicyclic) bond motifs is 3. The van der Waals surface area contributed by atoms with Gasteiger partial charge >= 0.3 is 13.6 Å². The van der Waals surface area contributed by atoms with Crippen molar-refractivity contribution in [3.63, 3.8) is 0 Å². The maximum atomic E-state index is 12.5. The number of nitrogens with zero attached hydrogens (tertiary/aromatic N) is 2. The zero-order chi connectivity index (χ0) is 30.8. The highest BCUT2D eigenvalue weighted by Gasteiger charge is 2.22. The number of pyridine rings is 2. The maximum Gasteiger partial charge on any atom is 0.332 e. The van der Waals surface area contributed by atoms with E-state index in [-0.39, 0.29) is 19.2 Å². The van der Waals surface area contributed by atoms with E-state index in [1.54, 1.807) is 13.8 Å². The maximum absolute atomic E-state index is 12.5. The average molecular weight is 610 g/mol. The lowest BCUT2D eigenvalue weighted by Gasteiger charge is -2.16. The van der Waals surface area contributed by atoms with Gasteiger partial charge in [0.15, 0.2) is 5.82 Å². The lowest BCUT2D eigenvalue weighted by Crippen LogP contribution is -2.11. The van der Waals surface area contributed by atoms with Crippen molar-refractivity contribution in [3.8, 4) is 5.75 Å². The zero-order valence-electron chi connectivity index (χ0n) is 25.0. The highest BCUT2D eigenvalue weighted by molar-refractivity contribution is 7.53. The van der Waals surface area contributed by atoms with Crippen LogP contribution in [-0.4, -0.2) is 60.2 Å². The Hall–Kier alpha value is -3.56. The third kappa shape index (κ3) is 8.97. The Morgan fingerprint density at radius 1 is 0.930 bits per heavy atom. The topological polar surface area (TPSA) is 143 Å². The number of aliphatic carboxylic acids is 1. The summed E-state index contributed by atoms with van der Waals surface area (Å²) in [5.41, 5.74) is 12.0. The van der Waals surface area contributed by atoms with E-state index in [4.69, 9.17) is 29.4 Å². The van der Waals surface area contributed by atoms with Crippen LogP contribution in [0, 0.1) is 6.92 Å². The molecule has 4 rings (SSSR count). The van der Waals surface area contributed by atoms with Gasteiger partial charge in [-0.05, 0) is 86.6 Å². The number of hydrogen-bond acceptors (Lipinski definition) is 9. The summed E-state index contributed by atoms with van der Waals surface area (Å²) in [7, 11) is -3.09. The molecule has 2 heterocycles. The molecule has 0 aliphatic rings. The molecule has 2 aromatic heterocycles. The number of carbonyl (C=O) groups is 1. The van der Waals surface area contributed by atoms with Gasteiger partial charge < -0.3 is 29.4 Å². The largest absolute Gasteiger partial charge is 0.491 e. The van der Waals surface area contributed by atoms with Gasteiger partial charge in [-0.15, -0.1) is 0 Å². The van der Waals surface area contributed by atoms with Gasteiger partial charge in [-0.25, -0.2) is 4.98 Å². The summed E-state index contributed by atoms with van der Waals surface area (Å²) in [4.78, 5) is 20.1. The van der Waals surface area contributed by atoms with Crippen molar-refractivity contribution in [2.75, 3.05) is 44.9 Å². The molecule has 2 aromatic carbocycles. The minimum Gasteiger partial charge on any atom is -0.491 e. The summed E-state index contributed by atoms with van der Waals surface area (Å²) in [5.74, 6) is 0.297. The zero-order valence-corrected chi connectivity index (χ0v) is 25.9. The van der Waals surface area contributed by atoms with Crippen molar-refractivity contribution in [3.05, 3.63) is 70.9 Å². The molecule has 4 aromatic rings. The minimum atomic E-state index is -3.09. The molecular weight excluding hydrogens is 569 g/mol. The minimum absolute atomic E-state index is 0.0664. The molecule has 0 amide bonds. The van der Waals surface area contributed by atoms with E-state index in [1.807, 2.05) is 36.5 Å². The lowest BCUT2D eigenvalue weighted by atomic mass is 9.99. The SMILES string of the molecule is CCOP(=O)(CCOCCOc1ccc(CCc2cnc3c(N)nc4cc(CCC(=O)O)ccc4c3c2)c(C)c1)OCC. The standard InChI is InChI=1S/C32H40N3O7P/c1-4-41-43(38,42-5-2)17-16-39-14-15-40-26-11-10-25(22(3)18-26)9-6-24-19-28-27-12-7-23(8-13-30(36)37)20-29(27)35-32(33)31(28)34-21-24/h7,10-12,18-21H,4-6,8-9,13-17H2,1-3H3,(H2,33,35)(H,36,37). The van der Waals surface area contributed by atoms with Crippen molar-refractivity contribution in [1.82, 2.24) is 9.97 Å². The number of anilines is 1. The lowest BCUT2D eigenvalue weighted by molar-refractivity contribution is -0.136. The molecule has 0 bridgehead atoms. The van der Waals surface area contributed by atoms with Crippen LogP contribution in [0.25, 0.3) is 21.8 Å². The Kier molecular flexibility index (Phi) is 11.5. The summed E-state index contributed by atoms with van der Waals surface area (Å²) in [6.45, 7) is 7.32. The highest BCUT2D eigenvalue weighted by atomic mass is 31.2. The Morgan fingerprint density at radius 3 is 2.44 bits per heavy atom. The van der Waals surface area contributed by atoms with Crippen LogP contribution in [0.1, 0.15) is 42.5 Å². The third-order valence-corrected chi connectivity index (χ3v) is 9.10. The van der Waals surface area contributed by atoms with Gasteiger partial charge in [0.05, 0.1) is 38.1 Å².